The second-order valence-corrected chi connectivity index (χ2v) is 8.40. The Bertz CT molecular complexity index is 854. The van der Waals surface area contributed by atoms with Crippen molar-refractivity contribution in [1.29, 1.82) is 0 Å². The van der Waals surface area contributed by atoms with Crippen molar-refractivity contribution >= 4 is 21.6 Å². The predicted molar refractivity (Wildman–Crippen MR) is 98.4 cm³/mol. The molecule has 1 saturated heterocycles. The van der Waals surface area contributed by atoms with Gasteiger partial charge in [-0.25, -0.2) is 17.1 Å². The third-order valence-corrected chi connectivity index (χ3v) is 6.27. The van der Waals surface area contributed by atoms with Crippen LogP contribution >= 0.6 is 0 Å². The minimum Gasteiger partial charge on any atom is -0.326 e. The molecule has 3 rings (SSSR count). The number of piperidine rings is 1. The molecule has 1 amide bonds. The van der Waals surface area contributed by atoms with Gasteiger partial charge in [0.1, 0.15) is 5.82 Å². The van der Waals surface area contributed by atoms with E-state index in [0.717, 1.165) is 0 Å². The van der Waals surface area contributed by atoms with E-state index in [1.54, 1.807) is 12.1 Å². The number of hydrogen-bond donors (Lipinski definition) is 1. The van der Waals surface area contributed by atoms with Crippen LogP contribution in [0.25, 0.3) is 0 Å². The number of sulfonamides is 1. The second-order valence-electron chi connectivity index (χ2n) is 6.44. The summed E-state index contributed by atoms with van der Waals surface area (Å²) in [6, 6.07) is 14.5. The number of rotatable bonds is 5. The highest BCUT2D eigenvalue weighted by Crippen LogP contribution is 2.23. The SMILES string of the molecule is O=C(Nc1ccccc1)[C@H]1CCCN(S(=O)(=O)Cc2ccc(F)cc2)C1. The Kier molecular flexibility index (Phi) is 5.68. The molecule has 0 saturated carbocycles. The number of amides is 1. The summed E-state index contributed by atoms with van der Waals surface area (Å²) in [4.78, 5) is 12.5. The van der Waals surface area contributed by atoms with Crippen LogP contribution in [-0.4, -0.2) is 31.7 Å². The lowest BCUT2D eigenvalue weighted by Crippen LogP contribution is -2.44. The van der Waals surface area contributed by atoms with E-state index < -0.39 is 15.8 Å². The van der Waals surface area contributed by atoms with Gasteiger partial charge in [0.2, 0.25) is 15.9 Å². The maximum Gasteiger partial charge on any atom is 0.228 e. The van der Waals surface area contributed by atoms with E-state index in [4.69, 9.17) is 0 Å². The van der Waals surface area contributed by atoms with Gasteiger partial charge in [0.25, 0.3) is 0 Å². The minimum absolute atomic E-state index is 0.169. The van der Waals surface area contributed by atoms with E-state index in [1.807, 2.05) is 18.2 Å². The van der Waals surface area contributed by atoms with E-state index >= 15 is 0 Å². The van der Waals surface area contributed by atoms with Gasteiger partial charge < -0.3 is 5.32 Å². The fourth-order valence-corrected chi connectivity index (χ4v) is 4.67. The predicted octanol–water partition coefficient (Wildman–Crippen LogP) is 3.01. The van der Waals surface area contributed by atoms with Crippen LogP contribution in [0.5, 0.6) is 0 Å². The van der Waals surface area contributed by atoms with Crippen molar-refractivity contribution in [2.45, 2.75) is 18.6 Å². The molecule has 2 aromatic carbocycles. The van der Waals surface area contributed by atoms with Crippen molar-refractivity contribution in [2.24, 2.45) is 5.92 Å². The smallest absolute Gasteiger partial charge is 0.228 e. The van der Waals surface area contributed by atoms with Gasteiger partial charge in [-0.05, 0) is 42.7 Å². The summed E-state index contributed by atoms with van der Waals surface area (Å²) in [5.41, 5.74) is 1.23. The van der Waals surface area contributed by atoms with Crippen LogP contribution in [0.3, 0.4) is 0 Å². The highest BCUT2D eigenvalue weighted by Gasteiger charge is 2.32. The molecule has 1 atom stereocenters. The number of carbonyl (C=O) groups is 1. The zero-order valence-electron chi connectivity index (χ0n) is 14.3. The molecule has 0 aliphatic carbocycles. The minimum atomic E-state index is -3.56. The van der Waals surface area contributed by atoms with Gasteiger partial charge in [-0.2, -0.15) is 0 Å². The zero-order valence-corrected chi connectivity index (χ0v) is 15.1. The van der Waals surface area contributed by atoms with Gasteiger partial charge in [0.05, 0.1) is 11.7 Å². The molecule has 0 bridgehead atoms. The highest BCUT2D eigenvalue weighted by atomic mass is 32.2. The lowest BCUT2D eigenvalue weighted by Gasteiger charge is -2.31. The molecule has 1 fully saturated rings. The summed E-state index contributed by atoms with van der Waals surface area (Å²) in [5.74, 6) is -1.15. The lowest BCUT2D eigenvalue weighted by molar-refractivity contribution is -0.120. The van der Waals surface area contributed by atoms with Crippen LogP contribution in [0.4, 0.5) is 10.1 Å². The third kappa shape index (κ3) is 4.68. The average molecular weight is 376 g/mol. The Labute approximate surface area is 152 Å². The van der Waals surface area contributed by atoms with Crippen molar-refractivity contribution in [3.8, 4) is 0 Å². The van der Waals surface area contributed by atoms with Crippen molar-refractivity contribution in [3.05, 3.63) is 66.0 Å². The topological polar surface area (TPSA) is 66.5 Å². The molecular formula is C19H21FN2O3S. The maximum absolute atomic E-state index is 13.0. The first-order valence-electron chi connectivity index (χ1n) is 8.52. The molecule has 1 aliphatic rings. The Morgan fingerprint density at radius 2 is 1.81 bits per heavy atom. The van der Waals surface area contributed by atoms with Crippen LogP contribution in [0.2, 0.25) is 0 Å². The average Bonchev–Trinajstić information content (AvgIpc) is 2.64. The molecule has 1 heterocycles. The molecule has 1 N–H and O–H groups in total. The summed E-state index contributed by atoms with van der Waals surface area (Å²) < 4.78 is 39.7. The van der Waals surface area contributed by atoms with Crippen molar-refractivity contribution in [2.75, 3.05) is 18.4 Å². The maximum atomic E-state index is 13.0. The molecule has 7 heteroatoms. The Morgan fingerprint density at radius 1 is 1.12 bits per heavy atom. The van der Waals surface area contributed by atoms with Crippen molar-refractivity contribution in [3.63, 3.8) is 0 Å². The first kappa shape index (κ1) is 18.5. The fourth-order valence-electron chi connectivity index (χ4n) is 3.06. The van der Waals surface area contributed by atoms with Crippen LogP contribution in [-0.2, 0) is 20.6 Å². The quantitative estimate of drug-likeness (QED) is 0.872. The van der Waals surface area contributed by atoms with E-state index in [0.29, 0.717) is 30.6 Å². The van der Waals surface area contributed by atoms with Crippen LogP contribution in [0, 0.1) is 11.7 Å². The number of carbonyl (C=O) groups excluding carboxylic acids is 1. The van der Waals surface area contributed by atoms with E-state index in [1.165, 1.54) is 28.6 Å². The van der Waals surface area contributed by atoms with Gasteiger partial charge in [0.15, 0.2) is 0 Å². The normalized spacial score (nSPS) is 18.4. The Morgan fingerprint density at radius 3 is 2.50 bits per heavy atom. The Balaban J connectivity index is 1.65. The number of halogens is 1. The largest absolute Gasteiger partial charge is 0.326 e. The summed E-state index contributed by atoms with van der Waals surface area (Å²) in [6.07, 6.45) is 1.29. The lowest BCUT2D eigenvalue weighted by atomic mass is 9.99. The number of benzene rings is 2. The van der Waals surface area contributed by atoms with Crippen LogP contribution in [0.15, 0.2) is 54.6 Å². The summed E-state index contributed by atoms with van der Waals surface area (Å²) >= 11 is 0. The fraction of sp³-hybridized carbons (Fsp3) is 0.316. The molecule has 138 valence electrons. The molecule has 0 radical (unpaired) electrons. The summed E-state index contributed by atoms with van der Waals surface area (Å²) in [7, 11) is -3.56. The standard InChI is InChI=1S/C19H21FN2O3S/c20-17-10-8-15(9-11-17)14-26(24,25)22-12-4-5-16(13-22)19(23)21-18-6-2-1-3-7-18/h1-3,6-11,16H,4-5,12-14H2,(H,21,23)/t16-/m0/s1. The second kappa shape index (κ2) is 7.97. The molecule has 0 unspecified atom stereocenters. The number of nitrogens with one attached hydrogen (secondary N) is 1. The van der Waals surface area contributed by atoms with Gasteiger partial charge in [-0.1, -0.05) is 30.3 Å². The molecule has 0 aromatic heterocycles. The van der Waals surface area contributed by atoms with Gasteiger partial charge in [0, 0.05) is 18.8 Å². The van der Waals surface area contributed by atoms with E-state index in [-0.39, 0.29) is 24.1 Å². The highest BCUT2D eigenvalue weighted by molar-refractivity contribution is 7.88. The third-order valence-electron chi connectivity index (χ3n) is 4.45. The number of nitrogens with zero attached hydrogens (tertiary/aromatic N) is 1. The van der Waals surface area contributed by atoms with Crippen molar-refractivity contribution in [1.82, 2.24) is 4.31 Å². The molecule has 5 nitrogen and oxygen atoms in total. The van der Waals surface area contributed by atoms with E-state index in [9.17, 15) is 17.6 Å². The molecule has 1 aliphatic heterocycles. The number of anilines is 1. The van der Waals surface area contributed by atoms with Crippen LogP contribution < -0.4 is 5.32 Å². The molecular weight excluding hydrogens is 355 g/mol. The molecule has 2 aromatic rings. The summed E-state index contributed by atoms with van der Waals surface area (Å²) in [5, 5.41) is 2.84. The first-order valence-corrected chi connectivity index (χ1v) is 10.1. The molecule has 0 spiro atoms. The zero-order chi connectivity index (χ0) is 18.6. The van der Waals surface area contributed by atoms with Gasteiger partial charge >= 0.3 is 0 Å². The van der Waals surface area contributed by atoms with E-state index in [2.05, 4.69) is 5.32 Å². The van der Waals surface area contributed by atoms with Crippen LogP contribution in [0.1, 0.15) is 18.4 Å². The number of para-hydroxylation sites is 1. The Hall–Kier alpha value is -2.25. The molecule has 26 heavy (non-hydrogen) atoms. The summed E-state index contributed by atoms with van der Waals surface area (Å²) in [6.45, 7) is 0.570. The van der Waals surface area contributed by atoms with Crippen molar-refractivity contribution < 1.29 is 17.6 Å². The first-order chi connectivity index (χ1) is 12.4. The van der Waals surface area contributed by atoms with Gasteiger partial charge in [-0.3, -0.25) is 4.79 Å². The van der Waals surface area contributed by atoms with Gasteiger partial charge in [-0.15, -0.1) is 0 Å². The monoisotopic (exact) mass is 376 g/mol. The number of hydrogen-bond acceptors (Lipinski definition) is 3.